The van der Waals surface area contributed by atoms with Crippen LogP contribution in [0.25, 0.3) is 56.4 Å². The van der Waals surface area contributed by atoms with Gasteiger partial charge in [-0.25, -0.2) is 15.0 Å². The number of hydrogen-bond donors (Lipinski definition) is 0. The highest BCUT2D eigenvalue weighted by Gasteiger charge is 2.53. The summed E-state index contributed by atoms with van der Waals surface area (Å²) in [4.78, 5) is 15.4. The third kappa shape index (κ3) is 4.15. The number of para-hydroxylation sites is 2. The molecule has 234 valence electrons. The Morgan fingerprint density at radius 2 is 0.780 bits per heavy atom. The SMILES string of the molecule is c1ccc(-c2nc(-c3ccccc3)nc(-c3cccc4c3-c3cccc(-c5ccccc5)c3C43c4ccccc4Oc4ccccc43)n2)cc1. The van der Waals surface area contributed by atoms with Gasteiger partial charge < -0.3 is 4.74 Å². The zero-order chi connectivity index (χ0) is 33.1. The highest BCUT2D eigenvalue weighted by molar-refractivity contribution is 5.99. The van der Waals surface area contributed by atoms with E-state index in [9.17, 15) is 0 Å². The number of nitrogens with zero attached hydrogens (tertiary/aromatic N) is 3. The summed E-state index contributed by atoms with van der Waals surface area (Å²) in [6.45, 7) is 0. The van der Waals surface area contributed by atoms with Crippen LogP contribution in [0, 0.1) is 0 Å². The van der Waals surface area contributed by atoms with E-state index < -0.39 is 5.41 Å². The fourth-order valence-corrected chi connectivity index (χ4v) is 7.98. The average Bonchev–Trinajstić information content (AvgIpc) is 3.50. The van der Waals surface area contributed by atoms with E-state index in [1.165, 1.54) is 16.7 Å². The van der Waals surface area contributed by atoms with Crippen molar-refractivity contribution in [3.63, 3.8) is 0 Å². The Bertz CT molecular complexity index is 2460. The van der Waals surface area contributed by atoms with Crippen LogP contribution in [-0.4, -0.2) is 15.0 Å². The molecule has 4 heteroatoms. The molecule has 0 bridgehead atoms. The molecule has 0 unspecified atom stereocenters. The maximum atomic E-state index is 6.65. The van der Waals surface area contributed by atoms with Crippen LogP contribution in [-0.2, 0) is 5.41 Å². The lowest BCUT2D eigenvalue weighted by Gasteiger charge is -2.40. The Morgan fingerprint density at radius 1 is 0.340 bits per heavy atom. The van der Waals surface area contributed by atoms with Gasteiger partial charge in [0.2, 0.25) is 0 Å². The number of rotatable bonds is 4. The number of hydrogen-bond acceptors (Lipinski definition) is 4. The Hall–Kier alpha value is -6.65. The summed E-state index contributed by atoms with van der Waals surface area (Å²) in [5.74, 6) is 3.63. The van der Waals surface area contributed by atoms with Crippen molar-refractivity contribution in [3.8, 4) is 67.9 Å². The van der Waals surface area contributed by atoms with Gasteiger partial charge in [0.1, 0.15) is 11.5 Å². The van der Waals surface area contributed by atoms with E-state index in [0.717, 1.165) is 56.0 Å². The summed E-state index contributed by atoms with van der Waals surface area (Å²) in [6.07, 6.45) is 0. The normalized spacial score (nSPS) is 13.1. The molecule has 1 aliphatic carbocycles. The second-order valence-corrected chi connectivity index (χ2v) is 12.7. The van der Waals surface area contributed by atoms with Gasteiger partial charge in [-0.3, -0.25) is 0 Å². The molecule has 4 nitrogen and oxygen atoms in total. The molecule has 2 heterocycles. The van der Waals surface area contributed by atoms with E-state index in [4.69, 9.17) is 19.7 Å². The van der Waals surface area contributed by atoms with Crippen LogP contribution in [0.3, 0.4) is 0 Å². The third-order valence-electron chi connectivity index (χ3n) is 10.0. The molecule has 0 saturated heterocycles. The largest absolute Gasteiger partial charge is 0.457 e. The standard InChI is InChI=1S/C46H29N3O/c1-4-16-30(17-5-1)33-22-14-23-34-41-35(45-48-43(31-18-6-2-7-19-31)47-44(49-45)32-20-8-3-9-21-32)24-15-27-38(41)46(42(33)34)36-25-10-12-28-39(36)50-40-29-13-11-26-37(40)46/h1-29H. The fraction of sp³-hybridized carbons (Fsp3) is 0.0217. The van der Waals surface area contributed by atoms with Crippen molar-refractivity contribution in [2.45, 2.75) is 5.41 Å². The van der Waals surface area contributed by atoms with Crippen molar-refractivity contribution in [3.05, 3.63) is 198 Å². The van der Waals surface area contributed by atoms with Gasteiger partial charge in [0.05, 0.1) is 5.41 Å². The maximum absolute atomic E-state index is 6.65. The molecule has 7 aromatic carbocycles. The molecule has 0 radical (unpaired) electrons. The van der Waals surface area contributed by atoms with Crippen molar-refractivity contribution in [2.24, 2.45) is 0 Å². The molecule has 1 aliphatic heterocycles. The molecule has 2 aliphatic rings. The minimum absolute atomic E-state index is 0.635. The quantitative estimate of drug-likeness (QED) is 0.192. The van der Waals surface area contributed by atoms with Crippen LogP contribution in [0.1, 0.15) is 22.3 Å². The second kappa shape index (κ2) is 11.2. The summed E-state index contributed by atoms with van der Waals surface area (Å²) >= 11 is 0. The van der Waals surface area contributed by atoms with Gasteiger partial charge in [-0.15, -0.1) is 0 Å². The molecule has 10 rings (SSSR count). The highest BCUT2D eigenvalue weighted by atomic mass is 16.5. The van der Waals surface area contributed by atoms with Crippen LogP contribution in [0.5, 0.6) is 11.5 Å². The molecular formula is C46H29N3O. The van der Waals surface area contributed by atoms with Crippen LogP contribution >= 0.6 is 0 Å². The molecule has 1 aromatic heterocycles. The number of benzene rings is 7. The number of fused-ring (bicyclic) bond motifs is 9. The second-order valence-electron chi connectivity index (χ2n) is 12.7. The molecule has 0 saturated carbocycles. The molecule has 0 atom stereocenters. The molecule has 1 spiro atoms. The smallest absolute Gasteiger partial charge is 0.164 e. The Balaban J connectivity index is 1.34. The van der Waals surface area contributed by atoms with Gasteiger partial charge in [0.25, 0.3) is 0 Å². The maximum Gasteiger partial charge on any atom is 0.164 e. The first-order chi connectivity index (χ1) is 24.8. The first kappa shape index (κ1) is 28.4. The van der Waals surface area contributed by atoms with Crippen LogP contribution < -0.4 is 4.74 Å². The summed E-state index contributed by atoms with van der Waals surface area (Å²) in [6, 6.07) is 61.3. The molecule has 8 aromatic rings. The predicted molar refractivity (Wildman–Crippen MR) is 199 cm³/mol. The molecule has 0 N–H and O–H groups in total. The monoisotopic (exact) mass is 639 g/mol. The minimum atomic E-state index is -0.657. The highest BCUT2D eigenvalue weighted by Crippen LogP contribution is 2.64. The zero-order valence-corrected chi connectivity index (χ0v) is 27.0. The van der Waals surface area contributed by atoms with Gasteiger partial charge in [0, 0.05) is 27.8 Å². The summed E-state index contributed by atoms with van der Waals surface area (Å²) in [5.41, 5.74) is 11.5. The summed E-state index contributed by atoms with van der Waals surface area (Å²) < 4.78 is 6.65. The topological polar surface area (TPSA) is 47.9 Å². The Morgan fingerprint density at radius 3 is 1.38 bits per heavy atom. The van der Waals surface area contributed by atoms with Gasteiger partial charge >= 0.3 is 0 Å². The zero-order valence-electron chi connectivity index (χ0n) is 27.0. The van der Waals surface area contributed by atoms with E-state index in [2.05, 4.69) is 140 Å². The van der Waals surface area contributed by atoms with Crippen LogP contribution in [0.4, 0.5) is 0 Å². The van der Waals surface area contributed by atoms with E-state index >= 15 is 0 Å². The fourth-order valence-electron chi connectivity index (χ4n) is 7.98. The minimum Gasteiger partial charge on any atom is -0.457 e. The van der Waals surface area contributed by atoms with E-state index in [0.29, 0.717) is 17.5 Å². The molecule has 0 fully saturated rings. The summed E-state index contributed by atoms with van der Waals surface area (Å²) in [7, 11) is 0. The van der Waals surface area contributed by atoms with Crippen molar-refractivity contribution in [1.29, 1.82) is 0 Å². The lowest BCUT2D eigenvalue weighted by atomic mass is 9.64. The van der Waals surface area contributed by atoms with Crippen molar-refractivity contribution >= 4 is 0 Å². The summed E-state index contributed by atoms with van der Waals surface area (Å²) in [5, 5.41) is 0. The van der Waals surface area contributed by atoms with Crippen molar-refractivity contribution in [1.82, 2.24) is 15.0 Å². The molecule has 50 heavy (non-hydrogen) atoms. The van der Waals surface area contributed by atoms with Gasteiger partial charge in [-0.05, 0) is 45.5 Å². The van der Waals surface area contributed by atoms with E-state index in [1.54, 1.807) is 0 Å². The Kier molecular flexibility index (Phi) is 6.36. The van der Waals surface area contributed by atoms with Crippen LogP contribution in [0.15, 0.2) is 176 Å². The first-order valence-electron chi connectivity index (χ1n) is 16.9. The number of ether oxygens (including phenoxy) is 1. The van der Waals surface area contributed by atoms with Crippen molar-refractivity contribution in [2.75, 3.05) is 0 Å². The molecular weight excluding hydrogens is 611 g/mol. The third-order valence-corrected chi connectivity index (χ3v) is 10.0. The van der Waals surface area contributed by atoms with Gasteiger partial charge in [0.15, 0.2) is 17.5 Å². The van der Waals surface area contributed by atoms with E-state index in [-0.39, 0.29) is 0 Å². The average molecular weight is 640 g/mol. The van der Waals surface area contributed by atoms with Gasteiger partial charge in [-0.2, -0.15) is 0 Å². The predicted octanol–water partition coefficient (Wildman–Crippen LogP) is 11.0. The van der Waals surface area contributed by atoms with Gasteiger partial charge in [-0.1, -0.05) is 164 Å². The van der Waals surface area contributed by atoms with Crippen molar-refractivity contribution < 1.29 is 4.74 Å². The molecule has 0 amide bonds. The Labute approximate surface area is 290 Å². The van der Waals surface area contributed by atoms with Crippen LogP contribution in [0.2, 0.25) is 0 Å². The number of aromatic nitrogens is 3. The van der Waals surface area contributed by atoms with E-state index in [1.807, 2.05) is 36.4 Å². The lowest BCUT2D eigenvalue weighted by molar-refractivity contribution is 0.436. The lowest BCUT2D eigenvalue weighted by Crippen LogP contribution is -2.32. The first-order valence-corrected chi connectivity index (χ1v) is 16.9.